The van der Waals surface area contributed by atoms with Crippen LogP contribution in [0.1, 0.15) is 32.3 Å². The maximum Gasteiger partial charge on any atom is 0.211 e. The van der Waals surface area contributed by atoms with Crippen molar-refractivity contribution in [2.75, 3.05) is 18.8 Å². The molecule has 0 saturated heterocycles. The molecule has 0 aromatic heterocycles. The molecule has 1 rings (SSSR count). The maximum absolute atomic E-state index is 13.4. The summed E-state index contributed by atoms with van der Waals surface area (Å²) in [4.78, 5) is 0. The molecule has 0 aliphatic rings. The van der Waals surface area contributed by atoms with Gasteiger partial charge in [-0.1, -0.05) is 32.0 Å². The molecule has 0 aliphatic carbocycles. The van der Waals surface area contributed by atoms with Crippen LogP contribution in [0, 0.1) is 5.82 Å². The number of benzene rings is 1. The third-order valence-corrected chi connectivity index (χ3v) is 4.54. The minimum Gasteiger partial charge on any atom is -0.315 e. The zero-order valence-corrected chi connectivity index (χ0v) is 13.5. The number of hydrogen-bond acceptors (Lipinski definition) is 3. The van der Waals surface area contributed by atoms with Crippen molar-refractivity contribution in [2.24, 2.45) is 0 Å². The molecule has 0 fully saturated rings. The fraction of sp³-hybridized carbons (Fsp3) is 0.600. The molecule has 4 nitrogen and oxygen atoms in total. The van der Waals surface area contributed by atoms with Crippen LogP contribution in [-0.2, 0) is 16.4 Å². The van der Waals surface area contributed by atoms with Crippen molar-refractivity contribution in [2.45, 2.75) is 39.2 Å². The summed E-state index contributed by atoms with van der Waals surface area (Å²) in [5, 5.41) is 3.25. The Morgan fingerprint density at radius 3 is 2.52 bits per heavy atom. The van der Waals surface area contributed by atoms with Gasteiger partial charge in [0.1, 0.15) is 5.82 Å². The third-order valence-electron chi connectivity index (χ3n) is 3.07. The van der Waals surface area contributed by atoms with Gasteiger partial charge in [0.25, 0.3) is 0 Å². The molecule has 0 radical (unpaired) electrons. The van der Waals surface area contributed by atoms with Gasteiger partial charge in [0.2, 0.25) is 10.0 Å². The van der Waals surface area contributed by atoms with Gasteiger partial charge in [0.15, 0.2) is 0 Å². The Bertz CT molecular complexity index is 518. The Labute approximate surface area is 127 Å². The number of unbranched alkanes of at least 4 members (excludes halogenated alkanes) is 1. The molecular weight excluding hydrogens is 291 g/mol. The van der Waals surface area contributed by atoms with Crippen LogP contribution in [0.25, 0.3) is 0 Å². The van der Waals surface area contributed by atoms with Gasteiger partial charge in [-0.25, -0.2) is 17.5 Å². The van der Waals surface area contributed by atoms with Gasteiger partial charge in [0.05, 0.1) is 5.75 Å². The molecule has 6 heteroatoms. The second kappa shape index (κ2) is 9.12. The van der Waals surface area contributed by atoms with Crippen LogP contribution >= 0.6 is 0 Å². The van der Waals surface area contributed by atoms with Crippen molar-refractivity contribution in [3.05, 3.63) is 35.6 Å². The Hall–Kier alpha value is -0.980. The van der Waals surface area contributed by atoms with Gasteiger partial charge in [-0.3, -0.25) is 0 Å². The van der Waals surface area contributed by atoms with Gasteiger partial charge < -0.3 is 5.32 Å². The van der Waals surface area contributed by atoms with E-state index in [4.69, 9.17) is 0 Å². The first-order chi connectivity index (χ1) is 9.91. The summed E-state index contributed by atoms with van der Waals surface area (Å²) in [6, 6.07) is 6.83. The van der Waals surface area contributed by atoms with Crippen molar-refractivity contribution in [1.29, 1.82) is 0 Å². The Morgan fingerprint density at radius 1 is 1.14 bits per heavy atom. The lowest BCUT2D eigenvalue weighted by atomic mass is 10.1. The predicted octanol–water partition coefficient (Wildman–Crippen LogP) is 2.07. The first-order valence-electron chi connectivity index (χ1n) is 7.35. The first-order valence-corrected chi connectivity index (χ1v) is 9.00. The lowest BCUT2D eigenvalue weighted by Gasteiger charge is -2.09. The molecule has 120 valence electrons. The van der Waals surface area contributed by atoms with Crippen molar-refractivity contribution in [3.63, 3.8) is 0 Å². The van der Waals surface area contributed by atoms with Crippen LogP contribution in [0.3, 0.4) is 0 Å². The van der Waals surface area contributed by atoms with Crippen LogP contribution in [-0.4, -0.2) is 33.3 Å². The number of halogens is 1. The second-order valence-corrected chi connectivity index (χ2v) is 7.30. The molecule has 1 aromatic carbocycles. The van der Waals surface area contributed by atoms with Crippen LogP contribution in [0.2, 0.25) is 0 Å². The second-order valence-electron chi connectivity index (χ2n) is 5.37. The van der Waals surface area contributed by atoms with Crippen molar-refractivity contribution in [1.82, 2.24) is 10.0 Å². The molecule has 0 aliphatic heterocycles. The summed E-state index contributed by atoms with van der Waals surface area (Å²) in [7, 11) is -3.27. The zero-order valence-electron chi connectivity index (χ0n) is 12.7. The van der Waals surface area contributed by atoms with E-state index in [2.05, 4.69) is 23.9 Å². The quantitative estimate of drug-likeness (QED) is 0.650. The number of sulfonamides is 1. The van der Waals surface area contributed by atoms with E-state index in [-0.39, 0.29) is 18.1 Å². The molecule has 0 heterocycles. The lowest BCUT2D eigenvalue weighted by Crippen LogP contribution is -2.29. The van der Waals surface area contributed by atoms with Gasteiger partial charge in [0, 0.05) is 12.6 Å². The third kappa shape index (κ3) is 8.14. The monoisotopic (exact) mass is 316 g/mol. The zero-order chi connectivity index (χ0) is 15.7. The highest BCUT2D eigenvalue weighted by molar-refractivity contribution is 7.89. The predicted molar refractivity (Wildman–Crippen MR) is 84.3 cm³/mol. The van der Waals surface area contributed by atoms with E-state index in [1.165, 1.54) is 6.07 Å². The highest BCUT2D eigenvalue weighted by Crippen LogP contribution is 2.06. The average Bonchev–Trinajstić information content (AvgIpc) is 2.40. The van der Waals surface area contributed by atoms with E-state index in [1.54, 1.807) is 18.2 Å². The molecule has 0 amide bonds. The lowest BCUT2D eigenvalue weighted by molar-refractivity contribution is 0.554. The van der Waals surface area contributed by atoms with Crippen LogP contribution < -0.4 is 10.0 Å². The normalized spacial score (nSPS) is 12.0. The molecule has 2 N–H and O–H groups in total. The van der Waals surface area contributed by atoms with E-state index in [0.717, 1.165) is 13.0 Å². The summed E-state index contributed by atoms with van der Waals surface area (Å²) in [6.07, 6.45) is 1.81. The SMILES string of the molecule is CC(C)NCCCCS(=O)(=O)NCCc1ccccc1F. The largest absolute Gasteiger partial charge is 0.315 e. The Balaban J connectivity index is 2.22. The minimum absolute atomic E-state index is 0.115. The fourth-order valence-corrected chi connectivity index (χ4v) is 3.06. The van der Waals surface area contributed by atoms with E-state index in [1.807, 2.05) is 0 Å². The van der Waals surface area contributed by atoms with Gasteiger partial charge in [-0.15, -0.1) is 0 Å². The first kappa shape index (κ1) is 18.1. The molecular formula is C15H25FN2O2S. The minimum atomic E-state index is -3.27. The molecule has 0 unspecified atom stereocenters. The van der Waals surface area contributed by atoms with Gasteiger partial charge >= 0.3 is 0 Å². The highest BCUT2D eigenvalue weighted by atomic mass is 32.2. The summed E-state index contributed by atoms with van der Waals surface area (Å²) in [5.74, 6) is -0.180. The summed E-state index contributed by atoms with van der Waals surface area (Å²) in [6.45, 7) is 5.16. The van der Waals surface area contributed by atoms with Crippen LogP contribution in [0.15, 0.2) is 24.3 Å². The Morgan fingerprint density at radius 2 is 1.86 bits per heavy atom. The number of hydrogen-bond donors (Lipinski definition) is 2. The van der Waals surface area contributed by atoms with Crippen molar-refractivity contribution < 1.29 is 12.8 Å². The molecule has 0 bridgehead atoms. The molecule has 1 aromatic rings. The maximum atomic E-state index is 13.4. The van der Waals surface area contributed by atoms with Gasteiger partial charge in [-0.05, 0) is 37.4 Å². The Kier molecular flexibility index (Phi) is 7.85. The van der Waals surface area contributed by atoms with Crippen molar-refractivity contribution >= 4 is 10.0 Å². The smallest absolute Gasteiger partial charge is 0.211 e. The summed E-state index contributed by atoms with van der Waals surface area (Å²) >= 11 is 0. The van der Waals surface area contributed by atoms with E-state index >= 15 is 0 Å². The molecule has 0 atom stereocenters. The van der Waals surface area contributed by atoms with E-state index in [0.29, 0.717) is 24.4 Å². The van der Waals surface area contributed by atoms with Gasteiger partial charge in [-0.2, -0.15) is 0 Å². The highest BCUT2D eigenvalue weighted by Gasteiger charge is 2.09. The molecule has 0 spiro atoms. The number of nitrogens with one attached hydrogen (secondary N) is 2. The van der Waals surface area contributed by atoms with E-state index in [9.17, 15) is 12.8 Å². The standard InChI is InChI=1S/C15H25FN2O2S/c1-13(2)17-10-5-6-12-21(19,20)18-11-9-14-7-3-4-8-15(14)16/h3-4,7-8,13,17-18H,5-6,9-12H2,1-2H3. The molecule has 21 heavy (non-hydrogen) atoms. The topological polar surface area (TPSA) is 58.2 Å². The molecule has 0 saturated carbocycles. The van der Waals surface area contributed by atoms with Crippen LogP contribution in [0.4, 0.5) is 4.39 Å². The van der Waals surface area contributed by atoms with Crippen LogP contribution in [0.5, 0.6) is 0 Å². The summed E-state index contributed by atoms with van der Waals surface area (Å²) in [5.41, 5.74) is 0.529. The fourth-order valence-electron chi connectivity index (χ4n) is 1.92. The average molecular weight is 316 g/mol. The van der Waals surface area contributed by atoms with E-state index < -0.39 is 10.0 Å². The summed E-state index contributed by atoms with van der Waals surface area (Å²) < 4.78 is 39.5. The van der Waals surface area contributed by atoms with Crippen molar-refractivity contribution in [3.8, 4) is 0 Å². The number of rotatable bonds is 10.